The third-order valence-electron chi connectivity index (χ3n) is 3.04. The molecule has 0 spiro atoms. The SMILES string of the molecule is O=C(CNC1CCC(O)CC1)c1ccco1. The first-order valence-corrected chi connectivity index (χ1v) is 5.74. The lowest BCUT2D eigenvalue weighted by Crippen LogP contribution is -2.37. The molecule has 0 radical (unpaired) electrons. The summed E-state index contributed by atoms with van der Waals surface area (Å²) in [5.74, 6) is 0.388. The molecule has 16 heavy (non-hydrogen) atoms. The molecule has 1 aromatic heterocycles. The van der Waals surface area contributed by atoms with Gasteiger partial charge in [-0.25, -0.2) is 0 Å². The summed E-state index contributed by atoms with van der Waals surface area (Å²) in [4.78, 5) is 11.6. The monoisotopic (exact) mass is 223 g/mol. The van der Waals surface area contributed by atoms with Gasteiger partial charge in [0.05, 0.1) is 18.9 Å². The molecule has 0 atom stereocenters. The quantitative estimate of drug-likeness (QED) is 0.756. The lowest BCUT2D eigenvalue weighted by atomic mass is 9.93. The summed E-state index contributed by atoms with van der Waals surface area (Å²) in [5, 5.41) is 12.6. The smallest absolute Gasteiger partial charge is 0.211 e. The Kier molecular flexibility index (Phi) is 3.74. The van der Waals surface area contributed by atoms with E-state index < -0.39 is 0 Å². The van der Waals surface area contributed by atoms with Crippen LogP contribution in [0.1, 0.15) is 36.2 Å². The second kappa shape index (κ2) is 5.27. The van der Waals surface area contributed by atoms with Gasteiger partial charge in [0, 0.05) is 6.04 Å². The summed E-state index contributed by atoms with van der Waals surface area (Å²) in [7, 11) is 0. The number of carbonyl (C=O) groups is 1. The van der Waals surface area contributed by atoms with Crippen LogP contribution in [0, 0.1) is 0 Å². The number of aliphatic hydroxyl groups excluding tert-OH is 1. The number of hydrogen-bond acceptors (Lipinski definition) is 4. The van der Waals surface area contributed by atoms with Crippen molar-refractivity contribution in [1.29, 1.82) is 0 Å². The number of hydrogen-bond donors (Lipinski definition) is 2. The first-order valence-electron chi connectivity index (χ1n) is 5.74. The van der Waals surface area contributed by atoms with E-state index in [9.17, 15) is 9.90 Å². The van der Waals surface area contributed by atoms with Crippen LogP contribution < -0.4 is 5.32 Å². The predicted octanol–water partition coefficient (Wildman–Crippen LogP) is 1.36. The van der Waals surface area contributed by atoms with Crippen molar-refractivity contribution in [2.45, 2.75) is 37.8 Å². The molecule has 4 heteroatoms. The highest BCUT2D eigenvalue weighted by Crippen LogP contribution is 2.18. The Hall–Kier alpha value is -1.13. The molecule has 0 amide bonds. The summed E-state index contributed by atoms with van der Waals surface area (Å²) in [6.07, 6.45) is 4.88. The van der Waals surface area contributed by atoms with Crippen LogP contribution in [0.2, 0.25) is 0 Å². The highest BCUT2D eigenvalue weighted by Gasteiger charge is 2.20. The van der Waals surface area contributed by atoms with Crippen molar-refractivity contribution >= 4 is 5.78 Å². The van der Waals surface area contributed by atoms with E-state index in [4.69, 9.17) is 4.42 Å². The van der Waals surface area contributed by atoms with Crippen LogP contribution in [0.25, 0.3) is 0 Å². The van der Waals surface area contributed by atoms with Crippen molar-refractivity contribution in [3.63, 3.8) is 0 Å². The molecule has 0 unspecified atom stereocenters. The highest BCUT2D eigenvalue weighted by atomic mass is 16.3. The normalized spacial score (nSPS) is 25.6. The van der Waals surface area contributed by atoms with Gasteiger partial charge in [0.15, 0.2) is 5.76 Å². The molecule has 1 aliphatic carbocycles. The number of furan rings is 1. The van der Waals surface area contributed by atoms with Crippen molar-refractivity contribution in [3.8, 4) is 0 Å². The van der Waals surface area contributed by atoms with Crippen LogP contribution in [0.4, 0.5) is 0 Å². The molecule has 1 heterocycles. The molecule has 1 aliphatic rings. The lowest BCUT2D eigenvalue weighted by Gasteiger charge is -2.25. The minimum Gasteiger partial charge on any atom is -0.461 e. The Balaban J connectivity index is 1.73. The molecule has 88 valence electrons. The fourth-order valence-electron chi connectivity index (χ4n) is 2.04. The van der Waals surface area contributed by atoms with Gasteiger partial charge in [0.2, 0.25) is 5.78 Å². The van der Waals surface area contributed by atoms with Gasteiger partial charge in [-0.2, -0.15) is 0 Å². The van der Waals surface area contributed by atoms with Crippen LogP contribution >= 0.6 is 0 Å². The summed E-state index contributed by atoms with van der Waals surface area (Å²) in [6, 6.07) is 3.74. The second-order valence-electron chi connectivity index (χ2n) is 4.29. The Morgan fingerprint density at radius 1 is 1.44 bits per heavy atom. The van der Waals surface area contributed by atoms with Crippen LogP contribution in [0.15, 0.2) is 22.8 Å². The van der Waals surface area contributed by atoms with Gasteiger partial charge in [-0.1, -0.05) is 0 Å². The molecule has 1 fully saturated rings. The van der Waals surface area contributed by atoms with Gasteiger partial charge >= 0.3 is 0 Å². The van der Waals surface area contributed by atoms with Gasteiger partial charge in [-0.05, 0) is 37.8 Å². The maximum Gasteiger partial charge on any atom is 0.211 e. The molecule has 0 aromatic carbocycles. The predicted molar refractivity (Wildman–Crippen MR) is 59.3 cm³/mol. The number of Topliss-reactive ketones (excluding diaryl/α,β-unsaturated/α-hetero) is 1. The van der Waals surface area contributed by atoms with Crippen LogP contribution in [0.5, 0.6) is 0 Å². The molecule has 0 saturated heterocycles. The van der Waals surface area contributed by atoms with E-state index >= 15 is 0 Å². The highest BCUT2D eigenvalue weighted by molar-refractivity contribution is 5.94. The number of nitrogens with one attached hydrogen (secondary N) is 1. The van der Waals surface area contributed by atoms with E-state index in [1.165, 1.54) is 6.26 Å². The second-order valence-corrected chi connectivity index (χ2v) is 4.29. The molecule has 2 N–H and O–H groups in total. The van der Waals surface area contributed by atoms with Crippen LogP contribution in [0.3, 0.4) is 0 Å². The van der Waals surface area contributed by atoms with Gasteiger partial charge in [0.1, 0.15) is 0 Å². The first kappa shape index (κ1) is 11.4. The zero-order chi connectivity index (χ0) is 11.4. The zero-order valence-electron chi connectivity index (χ0n) is 9.19. The maximum atomic E-state index is 11.6. The molecule has 1 aromatic rings. The Morgan fingerprint density at radius 3 is 2.81 bits per heavy atom. The summed E-state index contributed by atoms with van der Waals surface area (Å²) < 4.78 is 5.02. The number of rotatable bonds is 4. The molecular formula is C12H17NO3. The van der Waals surface area contributed by atoms with Crippen molar-refractivity contribution in [2.24, 2.45) is 0 Å². The molecule has 1 saturated carbocycles. The van der Waals surface area contributed by atoms with E-state index in [-0.39, 0.29) is 11.9 Å². The van der Waals surface area contributed by atoms with E-state index in [0.717, 1.165) is 25.7 Å². The average molecular weight is 223 g/mol. The molecule has 0 aliphatic heterocycles. The average Bonchev–Trinajstić information content (AvgIpc) is 2.81. The minimum absolute atomic E-state index is 0.0175. The molecular weight excluding hydrogens is 206 g/mol. The van der Waals surface area contributed by atoms with Gasteiger partial charge < -0.3 is 14.8 Å². The van der Waals surface area contributed by atoms with Crippen LogP contribution in [-0.2, 0) is 0 Å². The minimum atomic E-state index is -0.154. The first-order chi connectivity index (χ1) is 7.75. The largest absolute Gasteiger partial charge is 0.461 e. The molecule has 4 nitrogen and oxygen atoms in total. The van der Waals surface area contributed by atoms with Gasteiger partial charge in [-0.3, -0.25) is 4.79 Å². The third-order valence-corrected chi connectivity index (χ3v) is 3.04. The Labute approximate surface area is 94.6 Å². The maximum absolute atomic E-state index is 11.6. The summed E-state index contributed by atoms with van der Waals surface area (Å²) >= 11 is 0. The fraction of sp³-hybridized carbons (Fsp3) is 0.583. The molecule has 0 bridgehead atoms. The van der Waals surface area contributed by atoms with Crippen molar-refractivity contribution in [2.75, 3.05) is 6.54 Å². The van der Waals surface area contributed by atoms with Crippen molar-refractivity contribution in [1.82, 2.24) is 5.32 Å². The number of aliphatic hydroxyl groups is 1. The van der Waals surface area contributed by atoms with E-state index in [1.54, 1.807) is 12.1 Å². The van der Waals surface area contributed by atoms with E-state index in [0.29, 0.717) is 18.3 Å². The third kappa shape index (κ3) is 2.93. The Morgan fingerprint density at radius 2 is 2.19 bits per heavy atom. The van der Waals surface area contributed by atoms with Crippen LogP contribution in [-0.4, -0.2) is 29.6 Å². The standard InChI is InChI=1S/C12H17NO3/c14-10-5-3-9(4-6-10)13-8-11(15)12-2-1-7-16-12/h1-2,7,9-10,13-14H,3-6,8H2. The topological polar surface area (TPSA) is 62.5 Å². The lowest BCUT2D eigenvalue weighted by molar-refractivity contribution is 0.0940. The molecule has 2 rings (SSSR count). The van der Waals surface area contributed by atoms with E-state index in [1.807, 2.05) is 0 Å². The fourth-order valence-corrected chi connectivity index (χ4v) is 2.04. The Bertz CT molecular complexity index is 326. The van der Waals surface area contributed by atoms with Crippen molar-refractivity contribution < 1.29 is 14.3 Å². The van der Waals surface area contributed by atoms with Gasteiger partial charge in [0.25, 0.3) is 0 Å². The number of carbonyl (C=O) groups excluding carboxylic acids is 1. The number of ketones is 1. The summed E-state index contributed by atoms with van der Waals surface area (Å²) in [5.41, 5.74) is 0. The van der Waals surface area contributed by atoms with E-state index in [2.05, 4.69) is 5.32 Å². The van der Waals surface area contributed by atoms with Gasteiger partial charge in [-0.15, -0.1) is 0 Å². The zero-order valence-corrected chi connectivity index (χ0v) is 9.19. The van der Waals surface area contributed by atoms with Crippen molar-refractivity contribution in [3.05, 3.63) is 24.2 Å². The summed E-state index contributed by atoms with van der Waals surface area (Å²) in [6.45, 7) is 0.314.